The number of carbonyl (C=O) groups excluding carboxylic acids is 1. The zero-order valence-electron chi connectivity index (χ0n) is 15.5. The van der Waals surface area contributed by atoms with Crippen LogP contribution in [0.1, 0.15) is 63.9 Å². The van der Waals surface area contributed by atoms with E-state index in [1.807, 2.05) is 24.1 Å². The van der Waals surface area contributed by atoms with Crippen LogP contribution in [0.15, 0.2) is 18.3 Å². The van der Waals surface area contributed by atoms with Crippen LogP contribution in [0.25, 0.3) is 0 Å². The van der Waals surface area contributed by atoms with Gasteiger partial charge in [0.25, 0.3) is 0 Å². The molecule has 1 heterocycles. The standard InChI is InChI=1S/C20H31N3O2/c1-15-7-10-17(11-8-15)23(2)20(24)22-14-16-9-12-19(21-13-16)25-18-5-3-4-6-18/h9,12-13,15,17-18H,3-8,10-11,14H2,1-2H3,(H,22,24). The molecule has 1 aromatic rings. The molecule has 3 rings (SSSR count). The number of carbonyl (C=O) groups is 1. The highest BCUT2D eigenvalue weighted by atomic mass is 16.5. The summed E-state index contributed by atoms with van der Waals surface area (Å²) in [5.74, 6) is 1.49. The highest BCUT2D eigenvalue weighted by molar-refractivity contribution is 5.74. The first-order valence-electron chi connectivity index (χ1n) is 9.74. The smallest absolute Gasteiger partial charge is 0.317 e. The number of aromatic nitrogens is 1. The number of urea groups is 1. The van der Waals surface area contributed by atoms with Crippen LogP contribution in [0.3, 0.4) is 0 Å². The van der Waals surface area contributed by atoms with Gasteiger partial charge in [-0.15, -0.1) is 0 Å². The van der Waals surface area contributed by atoms with Gasteiger partial charge in [-0.1, -0.05) is 13.0 Å². The van der Waals surface area contributed by atoms with Crippen molar-refractivity contribution < 1.29 is 9.53 Å². The lowest BCUT2D eigenvalue weighted by molar-refractivity contribution is 0.163. The quantitative estimate of drug-likeness (QED) is 0.873. The molecule has 2 fully saturated rings. The summed E-state index contributed by atoms with van der Waals surface area (Å²) in [6.45, 7) is 2.80. The maximum atomic E-state index is 12.4. The van der Waals surface area contributed by atoms with E-state index in [4.69, 9.17) is 4.74 Å². The second kappa shape index (κ2) is 8.54. The topological polar surface area (TPSA) is 54.5 Å². The lowest BCUT2D eigenvalue weighted by Crippen LogP contribution is -2.44. The molecule has 25 heavy (non-hydrogen) atoms. The van der Waals surface area contributed by atoms with Gasteiger partial charge in [0, 0.05) is 31.9 Å². The maximum Gasteiger partial charge on any atom is 0.317 e. The lowest BCUT2D eigenvalue weighted by Gasteiger charge is -2.33. The summed E-state index contributed by atoms with van der Waals surface area (Å²) >= 11 is 0. The average molecular weight is 345 g/mol. The molecule has 1 N–H and O–H groups in total. The van der Waals surface area contributed by atoms with E-state index in [0.717, 1.165) is 37.2 Å². The third-order valence-corrected chi connectivity index (χ3v) is 5.68. The van der Waals surface area contributed by atoms with Gasteiger partial charge in [0.15, 0.2) is 0 Å². The summed E-state index contributed by atoms with van der Waals surface area (Å²) in [6.07, 6.45) is 11.5. The Morgan fingerprint density at radius 3 is 2.56 bits per heavy atom. The fraction of sp³-hybridized carbons (Fsp3) is 0.700. The number of hydrogen-bond acceptors (Lipinski definition) is 3. The highest BCUT2D eigenvalue weighted by Gasteiger charge is 2.24. The molecule has 0 radical (unpaired) electrons. The molecule has 0 bridgehead atoms. The van der Waals surface area contributed by atoms with Crippen LogP contribution < -0.4 is 10.1 Å². The van der Waals surface area contributed by atoms with Crippen LogP contribution in [0.2, 0.25) is 0 Å². The number of hydrogen-bond donors (Lipinski definition) is 1. The largest absolute Gasteiger partial charge is 0.474 e. The molecule has 1 aromatic heterocycles. The van der Waals surface area contributed by atoms with Crippen LogP contribution in [-0.2, 0) is 6.54 Å². The molecule has 0 spiro atoms. The van der Waals surface area contributed by atoms with Crippen LogP contribution in [0.5, 0.6) is 5.88 Å². The molecule has 138 valence electrons. The number of nitrogens with zero attached hydrogens (tertiary/aromatic N) is 2. The van der Waals surface area contributed by atoms with E-state index in [1.165, 1.54) is 25.7 Å². The minimum atomic E-state index is 0.00540. The summed E-state index contributed by atoms with van der Waals surface area (Å²) in [5.41, 5.74) is 0.998. The molecule has 5 heteroatoms. The Hall–Kier alpha value is -1.78. The van der Waals surface area contributed by atoms with Gasteiger partial charge in [-0.2, -0.15) is 0 Å². The molecule has 2 aliphatic carbocycles. The Bertz CT molecular complexity index is 547. The van der Waals surface area contributed by atoms with E-state index < -0.39 is 0 Å². The first-order chi connectivity index (χ1) is 12.1. The Morgan fingerprint density at radius 1 is 1.20 bits per heavy atom. The summed E-state index contributed by atoms with van der Waals surface area (Å²) in [5, 5.41) is 3.01. The molecular weight excluding hydrogens is 314 g/mol. The van der Waals surface area contributed by atoms with E-state index in [2.05, 4.69) is 17.2 Å². The molecule has 0 atom stereocenters. The Kier molecular flexibility index (Phi) is 6.16. The van der Waals surface area contributed by atoms with E-state index >= 15 is 0 Å². The summed E-state index contributed by atoms with van der Waals surface area (Å²) < 4.78 is 5.88. The summed E-state index contributed by atoms with van der Waals surface area (Å²) in [4.78, 5) is 18.6. The van der Waals surface area contributed by atoms with E-state index in [1.54, 1.807) is 6.20 Å². The van der Waals surface area contributed by atoms with E-state index in [-0.39, 0.29) is 6.03 Å². The Balaban J connectivity index is 1.43. The van der Waals surface area contributed by atoms with Gasteiger partial charge < -0.3 is 15.0 Å². The minimum Gasteiger partial charge on any atom is -0.474 e. The van der Waals surface area contributed by atoms with Crippen molar-refractivity contribution in [2.45, 2.75) is 77.0 Å². The van der Waals surface area contributed by atoms with Gasteiger partial charge >= 0.3 is 6.03 Å². The molecule has 0 unspecified atom stereocenters. The summed E-state index contributed by atoms with van der Waals surface area (Å²) in [6, 6.07) is 4.27. The van der Waals surface area contributed by atoms with Crippen LogP contribution in [0, 0.1) is 5.92 Å². The summed E-state index contributed by atoms with van der Waals surface area (Å²) in [7, 11) is 1.91. The van der Waals surface area contributed by atoms with Gasteiger partial charge in [0.1, 0.15) is 6.10 Å². The van der Waals surface area contributed by atoms with Crippen molar-refractivity contribution in [3.8, 4) is 5.88 Å². The number of pyridine rings is 1. The first-order valence-corrected chi connectivity index (χ1v) is 9.74. The molecule has 2 aliphatic rings. The van der Waals surface area contributed by atoms with Crippen LogP contribution in [-0.4, -0.2) is 35.1 Å². The third kappa shape index (κ3) is 5.10. The van der Waals surface area contributed by atoms with Crippen LogP contribution in [0.4, 0.5) is 4.79 Å². The number of rotatable bonds is 5. The van der Waals surface area contributed by atoms with Crippen molar-refractivity contribution in [1.29, 1.82) is 0 Å². The minimum absolute atomic E-state index is 0.00540. The second-order valence-corrected chi connectivity index (χ2v) is 7.71. The van der Waals surface area contributed by atoms with Crippen molar-refractivity contribution in [2.75, 3.05) is 7.05 Å². The number of amides is 2. The lowest BCUT2D eigenvalue weighted by atomic mass is 9.87. The molecule has 2 amide bonds. The van der Waals surface area contributed by atoms with Gasteiger partial charge in [0.05, 0.1) is 0 Å². The molecule has 0 saturated heterocycles. The SMILES string of the molecule is CC1CCC(N(C)C(=O)NCc2ccc(OC3CCCC3)nc2)CC1. The van der Waals surface area contributed by atoms with Crippen molar-refractivity contribution >= 4 is 6.03 Å². The first kappa shape index (κ1) is 18.0. The average Bonchev–Trinajstić information content (AvgIpc) is 3.14. The van der Waals surface area contributed by atoms with Crippen LogP contribution >= 0.6 is 0 Å². The fourth-order valence-corrected chi connectivity index (χ4v) is 3.86. The molecule has 0 aliphatic heterocycles. The third-order valence-electron chi connectivity index (χ3n) is 5.68. The zero-order valence-corrected chi connectivity index (χ0v) is 15.5. The maximum absolute atomic E-state index is 12.4. The Morgan fingerprint density at radius 2 is 1.92 bits per heavy atom. The molecule has 5 nitrogen and oxygen atoms in total. The fourth-order valence-electron chi connectivity index (χ4n) is 3.86. The van der Waals surface area contributed by atoms with E-state index in [9.17, 15) is 4.79 Å². The Labute approximate surface area is 151 Å². The zero-order chi connectivity index (χ0) is 17.6. The van der Waals surface area contributed by atoms with Crippen molar-refractivity contribution in [2.24, 2.45) is 5.92 Å². The molecule has 0 aromatic carbocycles. The van der Waals surface area contributed by atoms with Crippen molar-refractivity contribution in [1.82, 2.24) is 15.2 Å². The molecular formula is C20H31N3O2. The highest BCUT2D eigenvalue weighted by Crippen LogP contribution is 2.26. The van der Waals surface area contributed by atoms with Gasteiger partial charge in [-0.3, -0.25) is 0 Å². The molecule has 2 saturated carbocycles. The normalized spacial score (nSPS) is 24.1. The monoisotopic (exact) mass is 345 g/mol. The van der Waals surface area contributed by atoms with Gasteiger partial charge in [0.2, 0.25) is 5.88 Å². The van der Waals surface area contributed by atoms with Gasteiger partial charge in [-0.05, 0) is 62.8 Å². The van der Waals surface area contributed by atoms with E-state index in [0.29, 0.717) is 24.6 Å². The van der Waals surface area contributed by atoms with Crippen molar-refractivity contribution in [3.05, 3.63) is 23.9 Å². The predicted octanol–water partition coefficient (Wildman–Crippen LogP) is 4.12. The van der Waals surface area contributed by atoms with Gasteiger partial charge in [-0.25, -0.2) is 9.78 Å². The number of nitrogens with one attached hydrogen (secondary N) is 1. The van der Waals surface area contributed by atoms with Crippen molar-refractivity contribution in [3.63, 3.8) is 0 Å². The predicted molar refractivity (Wildman–Crippen MR) is 98.5 cm³/mol. The second-order valence-electron chi connectivity index (χ2n) is 7.71. The number of ether oxygens (including phenoxy) is 1.